The summed E-state index contributed by atoms with van der Waals surface area (Å²) < 4.78 is 2.53. The number of fused-ring (bicyclic) bond motifs is 1. The van der Waals surface area contributed by atoms with Crippen molar-refractivity contribution in [2.75, 3.05) is 6.54 Å². The molecule has 1 aliphatic heterocycles. The van der Waals surface area contributed by atoms with Crippen molar-refractivity contribution >= 4 is 33.7 Å². The van der Waals surface area contributed by atoms with E-state index < -0.39 is 0 Å². The van der Waals surface area contributed by atoms with Gasteiger partial charge in [-0.05, 0) is 42.3 Å². The van der Waals surface area contributed by atoms with E-state index >= 15 is 0 Å². The summed E-state index contributed by atoms with van der Waals surface area (Å²) in [4.78, 5) is 46.5. The Kier molecular flexibility index (Phi) is 5.71. The van der Waals surface area contributed by atoms with Gasteiger partial charge in [-0.1, -0.05) is 15.9 Å². The zero-order valence-electron chi connectivity index (χ0n) is 15.9. The minimum atomic E-state index is -0.319. The highest BCUT2D eigenvalue weighted by atomic mass is 79.9. The SMILES string of the molecule is O=C(CCCN1C(=O)c2ccc(Br)cc2C1=O)NCc1ccnc(-n2ccnc2)c1. The van der Waals surface area contributed by atoms with Crippen LogP contribution in [0.3, 0.4) is 0 Å². The van der Waals surface area contributed by atoms with Gasteiger partial charge < -0.3 is 5.32 Å². The second-order valence-electron chi connectivity index (χ2n) is 6.82. The summed E-state index contributed by atoms with van der Waals surface area (Å²) >= 11 is 3.31. The quantitative estimate of drug-likeness (QED) is 0.538. The maximum atomic E-state index is 12.4. The van der Waals surface area contributed by atoms with Gasteiger partial charge in [-0.15, -0.1) is 0 Å². The van der Waals surface area contributed by atoms with Gasteiger partial charge in [0.2, 0.25) is 5.91 Å². The summed E-state index contributed by atoms with van der Waals surface area (Å²) in [7, 11) is 0. The molecule has 1 aliphatic rings. The van der Waals surface area contributed by atoms with Gasteiger partial charge in [0.1, 0.15) is 12.1 Å². The third-order valence-electron chi connectivity index (χ3n) is 4.79. The highest BCUT2D eigenvalue weighted by Crippen LogP contribution is 2.26. The first-order chi connectivity index (χ1) is 14.5. The molecule has 0 bridgehead atoms. The molecule has 0 saturated heterocycles. The van der Waals surface area contributed by atoms with Crippen LogP contribution in [0.1, 0.15) is 39.1 Å². The number of carbonyl (C=O) groups is 3. The number of nitrogens with one attached hydrogen (secondary N) is 1. The van der Waals surface area contributed by atoms with Gasteiger partial charge in [0.25, 0.3) is 11.8 Å². The number of hydrogen-bond acceptors (Lipinski definition) is 5. The molecular formula is C21H18BrN5O3. The monoisotopic (exact) mass is 467 g/mol. The van der Waals surface area contributed by atoms with Crippen LogP contribution in [0.25, 0.3) is 5.82 Å². The number of pyridine rings is 1. The molecule has 0 atom stereocenters. The first kappa shape index (κ1) is 20.0. The number of halogens is 1. The summed E-state index contributed by atoms with van der Waals surface area (Å²) in [6.07, 6.45) is 7.41. The number of amides is 3. The predicted octanol–water partition coefficient (Wildman–Crippen LogP) is 2.72. The Hall–Kier alpha value is -3.33. The van der Waals surface area contributed by atoms with Crippen LogP contribution in [0.2, 0.25) is 0 Å². The highest BCUT2D eigenvalue weighted by Gasteiger charge is 2.35. The molecule has 8 nitrogen and oxygen atoms in total. The van der Waals surface area contributed by atoms with E-state index in [1.165, 1.54) is 4.90 Å². The maximum Gasteiger partial charge on any atom is 0.261 e. The molecule has 3 amide bonds. The minimum absolute atomic E-state index is 0.143. The van der Waals surface area contributed by atoms with Crippen molar-refractivity contribution in [1.82, 2.24) is 24.8 Å². The number of nitrogens with zero attached hydrogens (tertiary/aromatic N) is 4. The van der Waals surface area contributed by atoms with Crippen LogP contribution in [-0.2, 0) is 11.3 Å². The van der Waals surface area contributed by atoms with Crippen molar-refractivity contribution < 1.29 is 14.4 Å². The first-order valence-electron chi connectivity index (χ1n) is 9.38. The lowest BCUT2D eigenvalue weighted by Gasteiger charge is -2.13. The van der Waals surface area contributed by atoms with E-state index in [0.29, 0.717) is 24.1 Å². The molecule has 9 heteroatoms. The highest BCUT2D eigenvalue weighted by molar-refractivity contribution is 9.10. The molecule has 0 spiro atoms. The first-order valence-corrected chi connectivity index (χ1v) is 10.2. The topological polar surface area (TPSA) is 97.2 Å². The molecule has 2 aromatic heterocycles. The van der Waals surface area contributed by atoms with Crippen LogP contribution in [0.4, 0.5) is 0 Å². The Morgan fingerprint density at radius 1 is 1.07 bits per heavy atom. The fraction of sp³-hybridized carbons (Fsp3) is 0.190. The smallest absolute Gasteiger partial charge is 0.261 e. The second kappa shape index (κ2) is 8.58. The standard InChI is InChI=1S/C21H18BrN5O3/c22-15-3-4-16-17(11-15)21(30)27(20(16)29)8-1-2-19(28)25-12-14-5-6-24-18(10-14)26-9-7-23-13-26/h3-7,9-11,13H,1-2,8,12H2,(H,25,28). The molecular weight excluding hydrogens is 450 g/mol. The minimum Gasteiger partial charge on any atom is -0.352 e. The van der Waals surface area contributed by atoms with Crippen LogP contribution in [0, 0.1) is 0 Å². The number of benzene rings is 1. The van der Waals surface area contributed by atoms with Crippen molar-refractivity contribution in [3.63, 3.8) is 0 Å². The Morgan fingerprint density at radius 2 is 1.90 bits per heavy atom. The van der Waals surface area contributed by atoms with Crippen LogP contribution >= 0.6 is 15.9 Å². The van der Waals surface area contributed by atoms with Crippen molar-refractivity contribution in [2.45, 2.75) is 19.4 Å². The van der Waals surface area contributed by atoms with Gasteiger partial charge in [0.05, 0.1) is 11.1 Å². The summed E-state index contributed by atoms with van der Waals surface area (Å²) in [5.74, 6) is -0.0564. The van der Waals surface area contributed by atoms with E-state index in [1.807, 2.05) is 12.1 Å². The van der Waals surface area contributed by atoms with Crippen molar-refractivity contribution in [3.8, 4) is 5.82 Å². The molecule has 152 valence electrons. The van der Waals surface area contributed by atoms with Crippen molar-refractivity contribution in [3.05, 3.63) is 76.4 Å². The van der Waals surface area contributed by atoms with E-state index in [2.05, 4.69) is 31.2 Å². The fourth-order valence-corrected chi connectivity index (χ4v) is 3.62. The molecule has 0 aliphatic carbocycles. The van der Waals surface area contributed by atoms with E-state index in [-0.39, 0.29) is 30.7 Å². The Balaban J connectivity index is 1.27. The van der Waals surface area contributed by atoms with E-state index in [0.717, 1.165) is 15.9 Å². The molecule has 0 radical (unpaired) electrons. The molecule has 4 rings (SSSR count). The Morgan fingerprint density at radius 3 is 2.70 bits per heavy atom. The molecule has 1 aromatic carbocycles. The van der Waals surface area contributed by atoms with Gasteiger partial charge in [-0.3, -0.25) is 23.9 Å². The molecule has 30 heavy (non-hydrogen) atoms. The van der Waals surface area contributed by atoms with Gasteiger partial charge in [-0.25, -0.2) is 9.97 Å². The summed E-state index contributed by atoms with van der Waals surface area (Å²) in [6.45, 7) is 0.571. The summed E-state index contributed by atoms with van der Waals surface area (Å²) in [5, 5.41) is 2.86. The molecule has 0 saturated carbocycles. The van der Waals surface area contributed by atoms with Gasteiger partial charge in [0.15, 0.2) is 0 Å². The summed E-state index contributed by atoms with van der Waals surface area (Å²) in [5.41, 5.74) is 1.71. The van der Waals surface area contributed by atoms with E-state index in [9.17, 15) is 14.4 Å². The largest absolute Gasteiger partial charge is 0.352 e. The van der Waals surface area contributed by atoms with Crippen molar-refractivity contribution in [2.24, 2.45) is 0 Å². The summed E-state index contributed by atoms with van der Waals surface area (Å²) in [6, 6.07) is 8.73. The van der Waals surface area contributed by atoms with Crippen molar-refractivity contribution in [1.29, 1.82) is 0 Å². The average molecular weight is 468 g/mol. The number of imide groups is 1. The third-order valence-corrected chi connectivity index (χ3v) is 5.28. The fourth-order valence-electron chi connectivity index (χ4n) is 3.26. The molecule has 3 aromatic rings. The zero-order chi connectivity index (χ0) is 21.1. The lowest BCUT2D eigenvalue weighted by molar-refractivity contribution is -0.121. The van der Waals surface area contributed by atoms with Gasteiger partial charge >= 0.3 is 0 Å². The van der Waals surface area contributed by atoms with Crippen LogP contribution in [-0.4, -0.2) is 43.7 Å². The van der Waals surface area contributed by atoms with Gasteiger partial charge in [0, 0.05) is 42.6 Å². The zero-order valence-corrected chi connectivity index (χ0v) is 17.5. The Bertz CT molecular complexity index is 1110. The number of rotatable bonds is 7. The van der Waals surface area contributed by atoms with E-state index in [1.54, 1.807) is 47.7 Å². The predicted molar refractivity (Wildman–Crippen MR) is 112 cm³/mol. The molecule has 0 unspecified atom stereocenters. The van der Waals surface area contributed by atoms with Crippen LogP contribution in [0.15, 0.2) is 59.7 Å². The lowest BCUT2D eigenvalue weighted by atomic mass is 10.1. The average Bonchev–Trinajstić information content (AvgIpc) is 3.36. The van der Waals surface area contributed by atoms with E-state index in [4.69, 9.17) is 0 Å². The number of aromatic nitrogens is 3. The van der Waals surface area contributed by atoms with Gasteiger partial charge in [-0.2, -0.15) is 0 Å². The number of imidazole rings is 1. The van der Waals surface area contributed by atoms with Crippen LogP contribution in [0.5, 0.6) is 0 Å². The lowest BCUT2D eigenvalue weighted by Crippen LogP contribution is -2.32. The molecule has 3 heterocycles. The molecule has 0 fully saturated rings. The van der Waals surface area contributed by atoms with Crippen LogP contribution < -0.4 is 5.32 Å². The second-order valence-corrected chi connectivity index (χ2v) is 7.74. The normalized spacial score (nSPS) is 12.9. The Labute approximate surface area is 181 Å². The number of carbonyl (C=O) groups excluding carboxylic acids is 3. The molecule has 1 N–H and O–H groups in total. The maximum absolute atomic E-state index is 12.4. The third kappa shape index (κ3) is 4.16. The number of hydrogen-bond donors (Lipinski definition) is 1.